The molecule has 0 fully saturated rings. The van der Waals surface area contributed by atoms with Crippen LogP contribution in [0.25, 0.3) is 0 Å². The van der Waals surface area contributed by atoms with Crippen molar-refractivity contribution >= 4 is 23.3 Å². The zero-order valence-corrected chi connectivity index (χ0v) is 16.7. The van der Waals surface area contributed by atoms with Crippen LogP contribution < -0.4 is 5.32 Å². The van der Waals surface area contributed by atoms with Crippen LogP contribution in [0.3, 0.4) is 0 Å². The Morgan fingerprint density at radius 2 is 1.50 bits per heavy atom. The summed E-state index contributed by atoms with van der Waals surface area (Å²) in [5, 5.41) is 2.79. The molecule has 0 unspecified atom stereocenters. The summed E-state index contributed by atoms with van der Waals surface area (Å²) in [6.07, 6.45) is 0.849. The SMILES string of the molecule is CC(=O)c1cccc(NC(=O)c2ccc(C(=O)N3CCc4ccccc4C3)cc2)c1. The van der Waals surface area contributed by atoms with Crippen LogP contribution in [0.15, 0.2) is 72.8 Å². The number of rotatable bonds is 4. The molecule has 0 radical (unpaired) electrons. The average Bonchev–Trinajstić information content (AvgIpc) is 2.78. The molecule has 3 aromatic carbocycles. The third-order valence-electron chi connectivity index (χ3n) is 5.34. The Kier molecular flexibility index (Phi) is 5.44. The first-order valence-corrected chi connectivity index (χ1v) is 9.90. The Balaban J connectivity index is 1.44. The van der Waals surface area contributed by atoms with E-state index in [1.807, 2.05) is 17.0 Å². The van der Waals surface area contributed by atoms with Crippen molar-refractivity contribution in [2.75, 3.05) is 11.9 Å². The third-order valence-corrected chi connectivity index (χ3v) is 5.34. The molecule has 30 heavy (non-hydrogen) atoms. The minimum Gasteiger partial charge on any atom is -0.334 e. The van der Waals surface area contributed by atoms with Crippen molar-refractivity contribution in [3.63, 3.8) is 0 Å². The molecule has 4 rings (SSSR count). The van der Waals surface area contributed by atoms with Gasteiger partial charge in [-0.05, 0) is 60.9 Å². The van der Waals surface area contributed by atoms with Crippen LogP contribution in [0.2, 0.25) is 0 Å². The van der Waals surface area contributed by atoms with E-state index in [9.17, 15) is 14.4 Å². The van der Waals surface area contributed by atoms with E-state index in [-0.39, 0.29) is 17.6 Å². The number of carbonyl (C=O) groups excluding carboxylic acids is 3. The average molecular weight is 398 g/mol. The van der Waals surface area contributed by atoms with Gasteiger partial charge >= 0.3 is 0 Å². The first-order chi connectivity index (χ1) is 14.5. The number of ketones is 1. The van der Waals surface area contributed by atoms with Crippen molar-refractivity contribution in [3.8, 4) is 0 Å². The van der Waals surface area contributed by atoms with Crippen molar-refractivity contribution in [2.45, 2.75) is 19.9 Å². The first kappa shape index (κ1) is 19.6. The maximum atomic E-state index is 12.9. The van der Waals surface area contributed by atoms with Gasteiger partial charge < -0.3 is 10.2 Å². The molecule has 3 aromatic rings. The van der Waals surface area contributed by atoms with E-state index in [0.717, 1.165) is 6.42 Å². The van der Waals surface area contributed by atoms with Crippen molar-refractivity contribution in [1.82, 2.24) is 4.90 Å². The normalized spacial score (nSPS) is 12.8. The lowest BCUT2D eigenvalue weighted by Gasteiger charge is -2.29. The predicted molar refractivity (Wildman–Crippen MR) is 116 cm³/mol. The van der Waals surface area contributed by atoms with Crippen LogP contribution >= 0.6 is 0 Å². The second-order valence-electron chi connectivity index (χ2n) is 7.41. The van der Waals surface area contributed by atoms with Crippen LogP contribution in [0.1, 0.15) is 49.1 Å². The molecule has 2 amide bonds. The largest absolute Gasteiger partial charge is 0.334 e. The molecule has 0 spiro atoms. The Morgan fingerprint density at radius 1 is 0.800 bits per heavy atom. The molecule has 0 saturated carbocycles. The summed E-state index contributed by atoms with van der Waals surface area (Å²) < 4.78 is 0. The molecule has 1 N–H and O–H groups in total. The van der Waals surface area contributed by atoms with E-state index in [1.54, 1.807) is 48.5 Å². The molecule has 1 heterocycles. The lowest BCUT2D eigenvalue weighted by Crippen LogP contribution is -2.35. The highest BCUT2D eigenvalue weighted by Crippen LogP contribution is 2.21. The van der Waals surface area contributed by atoms with Crippen molar-refractivity contribution in [3.05, 3.63) is 101 Å². The summed E-state index contributed by atoms with van der Waals surface area (Å²) in [6, 6.07) is 21.7. The minimum absolute atomic E-state index is 0.0365. The lowest BCUT2D eigenvalue weighted by molar-refractivity contribution is 0.0734. The highest BCUT2D eigenvalue weighted by atomic mass is 16.2. The fourth-order valence-electron chi connectivity index (χ4n) is 3.64. The summed E-state index contributed by atoms with van der Waals surface area (Å²) >= 11 is 0. The van der Waals surface area contributed by atoms with E-state index >= 15 is 0 Å². The quantitative estimate of drug-likeness (QED) is 0.665. The summed E-state index contributed by atoms with van der Waals surface area (Å²) in [4.78, 5) is 38.7. The second-order valence-corrected chi connectivity index (χ2v) is 7.41. The number of amides is 2. The van der Waals surface area contributed by atoms with Gasteiger partial charge in [0.2, 0.25) is 0 Å². The Bertz CT molecular complexity index is 1120. The number of hydrogen-bond acceptors (Lipinski definition) is 3. The molecule has 0 atom stereocenters. The zero-order valence-electron chi connectivity index (χ0n) is 16.7. The number of nitrogens with zero attached hydrogens (tertiary/aromatic N) is 1. The van der Waals surface area contributed by atoms with Gasteiger partial charge in [-0.3, -0.25) is 14.4 Å². The summed E-state index contributed by atoms with van der Waals surface area (Å²) in [6.45, 7) is 2.77. The maximum absolute atomic E-state index is 12.9. The van der Waals surface area contributed by atoms with Gasteiger partial charge in [-0.2, -0.15) is 0 Å². The zero-order chi connectivity index (χ0) is 21.1. The van der Waals surface area contributed by atoms with Gasteiger partial charge in [0.05, 0.1) is 0 Å². The number of nitrogens with one attached hydrogen (secondary N) is 1. The van der Waals surface area contributed by atoms with Crippen LogP contribution in [-0.2, 0) is 13.0 Å². The molecule has 5 nitrogen and oxygen atoms in total. The van der Waals surface area contributed by atoms with E-state index in [0.29, 0.717) is 35.5 Å². The van der Waals surface area contributed by atoms with Gasteiger partial charge in [-0.25, -0.2) is 0 Å². The Labute approximate surface area is 175 Å². The fourth-order valence-corrected chi connectivity index (χ4v) is 3.64. The molecule has 0 bridgehead atoms. The predicted octanol–water partition coefficient (Wildman–Crippen LogP) is 4.34. The van der Waals surface area contributed by atoms with Gasteiger partial charge in [0.1, 0.15) is 0 Å². The summed E-state index contributed by atoms with van der Waals surface area (Å²) in [5.41, 5.74) is 4.58. The van der Waals surface area contributed by atoms with E-state index in [4.69, 9.17) is 0 Å². The van der Waals surface area contributed by atoms with Crippen molar-refractivity contribution in [2.24, 2.45) is 0 Å². The van der Waals surface area contributed by atoms with E-state index < -0.39 is 0 Å². The molecule has 1 aliphatic rings. The molecule has 0 saturated heterocycles. The molecular formula is C25H22N2O3. The van der Waals surface area contributed by atoms with Crippen LogP contribution in [0.5, 0.6) is 0 Å². The van der Waals surface area contributed by atoms with Gasteiger partial charge in [-0.1, -0.05) is 36.4 Å². The number of fused-ring (bicyclic) bond motifs is 1. The van der Waals surface area contributed by atoms with Crippen molar-refractivity contribution < 1.29 is 14.4 Å². The van der Waals surface area contributed by atoms with E-state index in [1.165, 1.54) is 18.1 Å². The van der Waals surface area contributed by atoms with Crippen LogP contribution in [-0.4, -0.2) is 29.0 Å². The van der Waals surface area contributed by atoms with Gasteiger partial charge in [0.25, 0.3) is 11.8 Å². The molecule has 150 valence electrons. The Morgan fingerprint density at radius 3 is 2.23 bits per heavy atom. The number of anilines is 1. The standard InChI is InChI=1S/C25H22N2O3/c1-17(28)21-7-4-8-23(15-21)26-24(29)19-9-11-20(12-10-19)25(30)27-14-13-18-5-2-3-6-22(18)16-27/h2-12,15H,13-14,16H2,1H3,(H,26,29). The highest BCUT2D eigenvalue weighted by molar-refractivity contribution is 6.05. The molecule has 0 aliphatic carbocycles. The van der Waals surface area contributed by atoms with E-state index in [2.05, 4.69) is 17.4 Å². The summed E-state index contributed by atoms with van der Waals surface area (Å²) in [7, 11) is 0. The molecule has 0 aromatic heterocycles. The van der Waals surface area contributed by atoms with Crippen LogP contribution in [0.4, 0.5) is 5.69 Å². The lowest BCUT2D eigenvalue weighted by atomic mass is 9.99. The monoisotopic (exact) mass is 398 g/mol. The van der Waals surface area contributed by atoms with Gasteiger partial charge in [0, 0.05) is 35.5 Å². The first-order valence-electron chi connectivity index (χ1n) is 9.90. The molecule has 1 aliphatic heterocycles. The molecule has 5 heteroatoms. The maximum Gasteiger partial charge on any atom is 0.255 e. The molecular weight excluding hydrogens is 376 g/mol. The minimum atomic E-state index is -0.290. The number of benzene rings is 3. The van der Waals surface area contributed by atoms with Gasteiger partial charge in [-0.15, -0.1) is 0 Å². The summed E-state index contributed by atoms with van der Waals surface area (Å²) in [5.74, 6) is -0.387. The van der Waals surface area contributed by atoms with Crippen molar-refractivity contribution in [1.29, 1.82) is 0 Å². The van der Waals surface area contributed by atoms with Gasteiger partial charge in [0.15, 0.2) is 5.78 Å². The fraction of sp³-hybridized carbons (Fsp3) is 0.160. The topological polar surface area (TPSA) is 66.5 Å². The number of carbonyl (C=O) groups is 3. The highest BCUT2D eigenvalue weighted by Gasteiger charge is 2.21. The number of hydrogen-bond donors (Lipinski definition) is 1. The Hall–Kier alpha value is -3.73. The smallest absolute Gasteiger partial charge is 0.255 e. The third kappa shape index (κ3) is 4.15. The number of Topliss-reactive ketones (excluding diaryl/α,β-unsaturated/α-hetero) is 1. The second kappa shape index (κ2) is 8.33. The van der Waals surface area contributed by atoms with Crippen LogP contribution in [0, 0.1) is 0 Å².